The second-order valence-corrected chi connectivity index (χ2v) is 7.07. The van der Waals surface area contributed by atoms with E-state index in [2.05, 4.69) is 42.0 Å². The lowest BCUT2D eigenvalue weighted by atomic mass is 10.2. The number of hydrogen-bond donors (Lipinski definition) is 1. The Balaban J connectivity index is 2.01. The lowest BCUT2D eigenvalue weighted by Crippen LogP contribution is -1.80. The third-order valence-corrected chi connectivity index (χ3v) is 4.52. The van der Waals surface area contributed by atoms with Gasteiger partial charge in [-0.2, -0.15) is 4.98 Å². The molecule has 2 heterocycles. The van der Waals surface area contributed by atoms with E-state index in [0.29, 0.717) is 17.3 Å². The van der Waals surface area contributed by atoms with Crippen molar-refractivity contribution in [2.75, 3.05) is 0 Å². The number of thiophene rings is 1. The minimum atomic E-state index is 0.0944. The number of rotatable bonds is 2. The summed E-state index contributed by atoms with van der Waals surface area (Å²) >= 11 is 8.19. The molecule has 0 saturated carbocycles. The second kappa shape index (κ2) is 5.07. The van der Waals surface area contributed by atoms with Gasteiger partial charge in [0.05, 0.1) is 14.2 Å². The van der Waals surface area contributed by atoms with Gasteiger partial charge in [-0.15, -0.1) is 11.3 Å². The summed E-state index contributed by atoms with van der Waals surface area (Å²) in [6.45, 7) is 0. The first-order valence-electron chi connectivity index (χ1n) is 5.22. The van der Waals surface area contributed by atoms with Gasteiger partial charge in [-0.1, -0.05) is 21.1 Å². The highest BCUT2D eigenvalue weighted by Gasteiger charge is 2.15. The van der Waals surface area contributed by atoms with E-state index >= 15 is 0 Å². The number of aromatic nitrogens is 2. The average Bonchev–Trinajstić information content (AvgIpc) is 2.97. The monoisotopic (exact) mass is 400 g/mol. The summed E-state index contributed by atoms with van der Waals surface area (Å²) in [5, 5.41) is 13.8. The maximum absolute atomic E-state index is 9.87. The lowest BCUT2D eigenvalue weighted by Gasteiger charge is -1.98. The van der Waals surface area contributed by atoms with Gasteiger partial charge >= 0.3 is 0 Å². The van der Waals surface area contributed by atoms with Crippen molar-refractivity contribution in [2.45, 2.75) is 0 Å². The van der Waals surface area contributed by atoms with Gasteiger partial charge in [-0.3, -0.25) is 0 Å². The smallest absolute Gasteiger partial charge is 0.262 e. The standard InChI is InChI=1S/C12H6Br2N2O2S/c13-6-1-2-7(8(17)5-6)12-15-11(16-18-12)9-3-4-10(14)19-9/h1-5,17H. The van der Waals surface area contributed by atoms with Gasteiger partial charge in [0.1, 0.15) is 5.75 Å². The van der Waals surface area contributed by atoms with E-state index in [4.69, 9.17) is 4.52 Å². The fourth-order valence-corrected chi connectivity index (χ4v) is 3.21. The molecule has 4 nitrogen and oxygen atoms in total. The van der Waals surface area contributed by atoms with Crippen LogP contribution in [0.25, 0.3) is 22.2 Å². The zero-order valence-corrected chi connectivity index (χ0v) is 13.3. The molecule has 0 atom stereocenters. The Labute approximate surface area is 129 Å². The first kappa shape index (κ1) is 12.8. The van der Waals surface area contributed by atoms with Crippen LogP contribution in [-0.4, -0.2) is 15.2 Å². The quantitative estimate of drug-likeness (QED) is 0.676. The van der Waals surface area contributed by atoms with Crippen molar-refractivity contribution in [3.05, 3.63) is 38.6 Å². The van der Waals surface area contributed by atoms with Crippen LogP contribution >= 0.6 is 43.2 Å². The van der Waals surface area contributed by atoms with Crippen molar-refractivity contribution < 1.29 is 9.63 Å². The molecule has 7 heteroatoms. The van der Waals surface area contributed by atoms with Crippen molar-refractivity contribution in [3.63, 3.8) is 0 Å². The molecule has 1 aromatic carbocycles. The van der Waals surface area contributed by atoms with E-state index in [1.165, 1.54) is 11.3 Å². The molecule has 2 aromatic heterocycles. The first-order valence-corrected chi connectivity index (χ1v) is 7.62. The minimum absolute atomic E-state index is 0.0944. The van der Waals surface area contributed by atoms with E-state index in [1.807, 2.05) is 12.1 Å². The maximum atomic E-state index is 9.87. The summed E-state index contributed by atoms with van der Waals surface area (Å²) < 4.78 is 6.98. The molecule has 0 aliphatic rings. The summed E-state index contributed by atoms with van der Waals surface area (Å²) in [5.74, 6) is 0.898. The Morgan fingerprint density at radius 2 is 2.00 bits per heavy atom. The van der Waals surface area contributed by atoms with E-state index < -0.39 is 0 Å². The van der Waals surface area contributed by atoms with Gasteiger partial charge in [0.15, 0.2) is 0 Å². The van der Waals surface area contributed by atoms with Crippen LogP contribution in [0.15, 0.2) is 43.1 Å². The molecule has 3 aromatic rings. The van der Waals surface area contributed by atoms with Gasteiger partial charge in [0, 0.05) is 4.47 Å². The lowest BCUT2D eigenvalue weighted by molar-refractivity contribution is 0.426. The number of benzene rings is 1. The molecule has 0 aliphatic carbocycles. The summed E-state index contributed by atoms with van der Waals surface area (Å²) in [6.07, 6.45) is 0. The van der Waals surface area contributed by atoms with Gasteiger partial charge < -0.3 is 9.63 Å². The van der Waals surface area contributed by atoms with Gasteiger partial charge in [-0.25, -0.2) is 0 Å². The molecule has 0 aliphatic heterocycles. The molecule has 19 heavy (non-hydrogen) atoms. The van der Waals surface area contributed by atoms with Crippen LogP contribution in [0.4, 0.5) is 0 Å². The number of phenolic OH excluding ortho intramolecular Hbond substituents is 1. The summed E-state index contributed by atoms with van der Waals surface area (Å²) in [6, 6.07) is 8.95. The Hall–Kier alpha value is -1.18. The molecule has 3 rings (SSSR count). The van der Waals surface area contributed by atoms with Crippen LogP contribution in [0.3, 0.4) is 0 Å². The fraction of sp³-hybridized carbons (Fsp3) is 0. The maximum Gasteiger partial charge on any atom is 0.262 e. The zero-order valence-electron chi connectivity index (χ0n) is 9.30. The van der Waals surface area contributed by atoms with Crippen molar-refractivity contribution in [1.29, 1.82) is 0 Å². The third-order valence-electron chi connectivity index (χ3n) is 2.41. The molecule has 0 fully saturated rings. The van der Waals surface area contributed by atoms with E-state index in [-0.39, 0.29) is 5.75 Å². The molecule has 0 bridgehead atoms. The van der Waals surface area contributed by atoms with Crippen LogP contribution in [-0.2, 0) is 0 Å². The zero-order chi connectivity index (χ0) is 13.4. The highest BCUT2D eigenvalue weighted by molar-refractivity contribution is 9.11. The van der Waals surface area contributed by atoms with Crippen molar-refractivity contribution in [3.8, 4) is 27.9 Å². The molecule has 0 amide bonds. The Morgan fingerprint density at radius 3 is 2.68 bits per heavy atom. The number of phenols is 1. The summed E-state index contributed by atoms with van der Waals surface area (Å²) in [4.78, 5) is 5.19. The summed E-state index contributed by atoms with van der Waals surface area (Å²) in [7, 11) is 0. The molecular weight excluding hydrogens is 396 g/mol. The molecule has 0 unspecified atom stereocenters. The molecule has 0 spiro atoms. The van der Waals surface area contributed by atoms with E-state index in [9.17, 15) is 5.11 Å². The van der Waals surface area contributed by atoms with Crippen molar-refractivity contribution >= 4 is 43.2 Å². The van der Waals surface area contributed by atoms with Crippen LogP contribution in [0, 0.1) is 0 Å². The summed E-state index contributed by atoms with van der Waals surface area (Å²) in [5.41, 5.74) is 0.512. The topological polar surface area (TPSA) is 59.2 Å². The Morgan fingerprint density at radius 1 is 1.16 bits per heavy atom. The number of hydrogen-bond acceptors (Lipinski definition) is 5. The normalized spacial score (nSPS) is 10.8. The molecule has 0 saturated heterocycles. The fourth-order valence-electron chi connectivity index (χ4n) is 1.55. The van der Waals surface area contributed by atoms with E-state index in [0.717, 1.165) is 13.1 Å². The molecule has 1 N–H and O–H groups in total. The minimum Gasteiger partial charge on any atom is -0.507 e. The average molecular weight is 402 g/mol. The highest BCUT2D eigenvalue weighted by atomic mass is 79.9. The van der Waals surface area contributed by atoms with Gasteiger partial charge in [0.25, 0.3) is 5.89 Å². The van der Waals surface area contributed by atoms with Crippen LogP contribution in [0.2, 0.25) is 0 Å². The highest BCUT2D eigenvalue weighted by Crippen LogP contribution is 2.34. The van der Waals surface area contributed by atoms with Crippen molar-refractivity contribution in [2.24, 2.45) is 0 Å². The van der Waals surface area contributed by atoms with Crippen LogP contribution in [0.5, 0.6) is 5.75 Å². The predicted molar refractivity (Wildman–Crippen MR) is 80.1 cm³/mol. The first-order chi connectivity index (χ1) is 9.13. The molecular formula is C12H6Br2N2O2S. The second-order valence-electron chi connectivity index (χ2n) is 3.69. The predicted octanol–water partition coefficient (Wildman–Crippen LogP) is 4.70. The Kier molecular flexibility index (Phi) is 3.42. The largest absolute Gasteiger partial charge is 0.507 e. The molecule has 96 valence electrons. The third kappa shape index (κ3) is 2.58. The van der Waals surface area contributed by atoms with Crippen LogP contribution < -0.4 is 0 Å². The van der Waals surface area contributed by atoms with Gasteiger partial charge in [0.2, 0.25) is 5.82 Å². The van der Waals surface area contributed by atoms with Gasteiger partial charge in [-0.05, 0) is 46.3 Å². The van der Waals surface area contributed by atoms with Crippen LogP contribution in [0.1, 0.15) is 0 Å². The number of nitrogens with zero attached hydrogens (tertiary/aromatic N) is 2. The van der Waals surface area contributed by atoms with E-state index in [1.54, 1.807) is 18.2 Å². The number of aromatic hydroxyl groups is 1. The SMILES string of the molecule is Oc1cc(Br)ccc1-c1nc(-c2ccc(Br)s2)no1. The number of halogens is 2. The Bertz CT molecular complexity index is 739. The van der Waals surface area contributed by atoms with Crippen molar-refractivity contribution in [1.82, 2.24) is 10.1 Å². The molecule has 0 radical (unpaired) electrons.